The highest BCUT2D eigenvalue weighted by Crippen LogP contribution is 2.38. The summed E-state index contributed by atoms with van der Waals surface area (Å²) in [5, 5.41) is 7.33. The monoisotopic (exact) mass is 544 g/mol. The van der Waals surface area contributed by atoms with Gasteiger partial charge in [-0.3, -0.25) is 4.79 Å². The van der Waals surface area contributed by atoms with Gasteiger partial charge in [-0.25, -0.2) is 9.97 Å². The molecule has 1 amide bonds. The van der Waals surface area contributed by atoms with Gasteiger partial charge in [-0.15, -0.1) is 0 Å². The Bertz CT molecular complexity index is 1520. The van der Waals surface area contributed by atoms with Crippen LogP contribution in [0.15, 0.2) is 48.8 Å². The van der Waals surface area contributed by atoms with Crippen molar-refractivity contribution in [3.8, 4) is 17.0 Å². The minimum Gasteiger partial charge on any atom is -0.494 e. The van der Waals surface area contributed by atoms with Gasteiger partial charge in [0.05, 0.1) is 36.1 Å². The number of carbonyl (C=O) groups is 1. The maximum absolute atomic E-state index is 12.9. The Morgan fingerprint density at radius 2 is 1.82 bits per heavy atom. The van der Waals surface area contributed by atoms with Crippen LogP contribution in [0.4, 0.5) is 28.7 Å². The highest BCUT2D eigenvalue weighted by atomic mass is 16.5. The highest BCUT2D eigenvalue weighted by molar-refractivity contribution is 6.02. The van der Waals surface area contributed by atoms with Crippen molar-refractivity contribution in [2.45, 2.75) is 20.8 Å². The number of nitrogens with one attached hydrogen (secondary N) is 2. The Balaban J connectivity index is 1.75. The molecule has 40 heavy (non-hydrogen) atoms. The van der Waals surface area contributed by atoms with Crippen molar-refractivity contribution in [2.24, 2.45) is 12.5 Å². The van der Waals surface area contributed by atoms with Gasteiger partial charge in [-0.05, 0) is 26.2 Å². The molecule has 0 spiro atoms. The Hall–Kier alpha value is -4.31. The van der Waals surface area contributed by atoms with Gasteiger partial charge in [0.2, 0.25) is 11.9 Å². The maximum atomic E-state index is 12.9. The molecule has 4 aromatic rings. The lowest BCUT2D eigenvalue weighted by atomic mass is 9.95. The first-order valence-electron chi connectivity index (χ1n) is 13.2. The van der Waals surface area contributed by atoms with Crippen LogP contribution in [0.1, 0.15) is 20.8 Å². The number of ether oxygens (including phenoxy) is 1. The molecule has 0 unspecified atom stereocenters. The summed E-state index contributed by atoms with van der Waals surface area (Å²) in [4.78, 5) is 26.6. The van der Waals surface area contributed by atoms with E-state index in [1.165, 1.54) is 0 Å². The summed E-state index contributed by atoms with van der Waals surface area (Å²) >= 11 is 0. The molecule has 4 rings (SSSR count). The van der Waals surface area contributed by atoms with Crippen molar-refractivity contribution in [3.05, 3.63) is 48.8 Å². The molecule has 0 fully saturated rings. The van der Waals surface area contributed by atoms with E-state index >= 15 is 0 Å². The molecule has 2 heterocycles. The number of aryl methyl sites for hydroxylation is 1. The van der Waals surface area contributed by atoms with E-state index in [-0.39, 0.29) is 5.91 Å². The Kier molecular flexibility index (Phi) is 8.20. The zero-order valence-electron chi connectivity index (χ0n) is 24.7. The van der Waals surface area contributed by atoms with Crippen LogP contribution in [0, 0.1) is 5.41 Å². The molecule has 0 atom stereocenters. The molecule has 0 bridgehead atoms. The van der Waals surface area contributed by atoms with E-state index in [9.17, 15) is 4.79 Å². The predicted octanol–water partition coefficient (Wildman–Crippen LogP) is 4.95. The number of hydrogen-bond donors (Lipinski definition) is 3. The minimum absolute atomic E-state index is 0.123. The van der Waals surface area contributed by atoms with E-state index in [4.69, 9.17) is 15.5 Å². The molecular weight excluding hydrogens is 504 g/mol. The van der Waals surface area contributed by atoms with Crippen molar-refractivity contribution in [2.75, 3.05) is 62.6 Å². The second-order valence-electron chi connectivity index (χ2n) is 11.3. The molecule has 0 saturated heterocycles. The summed E-state index contributed by atoms with van der Waals surface area (Å²) in [5.41, 5.74) is 11.1. The van der Waals surface area contributed by atoms with Crippen molar-refractivity contribution >= 4 is 45.5 Å². The number of methoxy groups -OCH3 is 1. The van der Waals surface area contributed by atoms with E-state index in [0.717, 1.165) is 35.2 Å². The fourth-order valence-electron chi connectivity index (χ4n) is 4.35. The predicted molar refractivity (Wildman–Crippen MR) is 165 cm³/mol. The van der Waals surface area contributed by atoms with Gasteiger partial charge >= 0.3 is 0 Å². The summed E-state index contributed by atoms with van der Waals surface area (Å²) in [7, 11) is 9.69. The number of anilines is 5. The van der Waals surface area contributed by atoms with Crippen LogP contribution in [0.3, 0.4) is 0 Å². The van der Waals surface area contributed by atoms with Crippen LogP contribution in [-0.4, -0.2) is 66.7 Å². The number of para-hydroxylation sites is 1. The highest BCUT2D eigenvalue weighted by Gasteiger charge is 2.24. The standard InChI is InChI=1S/C30H40N8O2/c1-30(2,3)28(39)33-23-17-32-29(35-27(23)20-18-38(7)24-12-10-9-11-19(20)24)34-22-15-21(31)25(16-26(22)40-8)37(6)14-13-36(4)5/h9-12,15-18H,13-14,31H2,1-8H3,(H,33,39)(H,32,34,35). The average molecular weight is 545 g/mol. The minimum atomic E-state index is -0.584. The van der Waals surface area contributed by atoms with E-state index < -0.39 is 5.41 Å². The zero-order chi connectivity index (χ0) is 29.2. The fraction of sp³-hybridized carbons (Fsp3) is 0.367. The molecule has 0 saturated carbocycles. The smallest absolute Gasteiger partial charge is 0.229 e. The molecule has 2 aromatic carbocycles. The number of hydrogen-bond acceptors (Lipinski definition) is 8. The molecule has 212 valence electrons. The third kappa shape index (κ3) is 6.12. The van der Waals surface area contributed by atoms with Crippen LogP contribution < -0.4 is 26.0 Å². The van der Waals surface area contributed by atoms with Crippen LogP contribution >= 0.6 is 0 Å². The van der Waals surface area contributed by atoms with E-state index in [2.05, 4.69) is 31.5 Å². The topological polar surface area (TPSA) is 114 Å². The van der Waals surface area contributed by atoms with Gasteiger partial charge in [-0.2, -0.15) is 0 Å². The van der Waals surface area contributed by atoms with E-state index in [1.807, 2.05) is 90.1 Å². The van der Waals surface area contributed by atoms with Gasteiger partial charge in [-0.1, -0.05) is 39.0 Å². The normalized spacial score (nSPS) is 11.6. The number of nitrogen functional groups attached to an aromatic ring is 1. The Morgan fingerprint density at radius 3 is 2.50 bits per heavy atom. The molecule has 2 aromatic heterocycles. The SMILES string of the molecule is COc1cc(N(C)CCN(C)C)c(N)cc1Nc1ncc(NC(=O)C(C)(C)C)c(-c2cn(C)c3ccccc23)n1. The number of likely N-dealkylation sites (N-methyl/N-ethyl adjacent to an activating group) is 2. The van der Waals surface area contributed by atoms with Crippen molar-refractivity contribution in [1.82, 2.24) is 19.4 Å². The largest absolute Gasteiger partial charge is 0.494 e. The lowest BCUT2D eigenvalue weighted by Gasteiger charge is -2.24. The third-order valence-electron chi connectivity index (χ3n) is 6.76. The molecule has 0 aliphatic heterocycles. The summed E-state index contributed by atoms with van der Waals surface area (Å²) in [6.07, 6.45) is 3.65. The molecule has 10 heteroatoms. The zero-order valence-corrected chi connectivity index (χ0v) is 24.7. The number of carbonyl (C=O) groups excluding carboxylic acids is 1. The van der Waals surface area contributed by atoms with Gasteiger partial charge in [0.1, 0.15) is 11.4 Å². The van der Waals surface area contributed by atoms with E-state index in [0.29, 0.717) is 34.5 Å². The van der Waals surface area contributed by atoms with Gasteiger partial charge in [0.15, 0.2) is 0 Å². The Morgan fingerprint density at radius 1 is 1.10 bits per heavy atom. The summed E-state index contributed by atoms with van der Waals surface area (Å²) in [5.74, 6) is 0.839. The first-order valence-corrected chi connectivity index (χ1v) is 13.2. The number of amides is 1. The van der Waals surface area contributed by atoms with Gasteiger partial charge < -0.3 is 35.5 Å². The van der Waals surface area contributed by atoms with Crippen LogP contribution in [0.5, 0.6) is 5.75 Å². The molecule has 0 aliphatic rings. The molecule has 0 aliphatic carbocycles. The van der Waals surface area contributed by atoms with Gasteiger partial charge in [0.25, 0.3) is 0 Å². The quantitative estimate of drug-likeness (QED) is 0.254. The number of nitrogens with two attached hydrogens (primary N) is 1. The van der Waals surface area contributed by atoms with Crippen molar-refractivity contribution in [3.63, 3.8) is 0 Å². The maximum Gasteiger partial charge on any atom is 0.229 e. The summed E-state index contributed by atoms with van der Waals surface area (Å²) in [6, 6.07) is 11.8. The first kappa shape index (κ1) is 28.7. The number of rotatable bonds is 9. The number of fused-ring (bicyclic) bond motifs is 1. The number of nitrogens with zero attached hydrogens (tertiary/aromatic N) is 5. The first-order chi connectivity index (χ1) is 18.9. The molecule has 10 nitrogen and oxygen atoms in total. The van der Waals surface area contributed by atoms with Gasteiger partial charge in [0, 0.05) is 61.3 Å². The van der Waals surface area contributed by atoms with Crippen molar-refractivity contribution in [1.29, 1.82) is 0 Å². The molecule has 4 N–H and O–H groups in total. The second kappa shape index (κ2) is 11.4. The second-order valence-corrected chi connectivity index (χ2v) is 11.3. The third-order valence-corrected chi connectivity index (χ3v) is 6.76. The van der Waals surface area contributed by atoms with Crippen molar-refractivity contribution < 1.29 is 9.53 Å². The van der Waals surface area contributed by atoms with Crippen LogP contribution in [-0.2, 0) is 11.8 Å². The number of benzene rings is 2. The lowest BCUT2D eigenvalue weighted by Crippen LogP contribution is -2.29. The summed E-state index contributed by atoms with van der Waals surface area (Å²) in [6.45, 7) is 7.31. The van der Waals surface area contributed by atoms with E-state index in [1.54, 1.807) is 13.3 Å². The Labute approximate surface area is 236 Å². The lowest BCUT2D eigenvalue weighted by molar-refractivity contribution is -0.123. The molecular formula is C30H40N8O2. The van der Waals surface area contributed by atoms with Crippen LogP contribution in [0.25, 0.3) is 22.2 Å². The average Bonchev–Trinajstić information content (AvgIpc) is 3.24. The molecule has 0 radical (unpaired) electrons. The number of aromatic nitrogens is 3. The van der Waals surface area contributed by atoms with Crippen LogP contribution in [0.2, 0.25) is 0 Å². The fourth-order valence-corrected chi connectivity index (χ4v) is 4.35. The summed E-state index contributed by atoms with van der Waals surface area (Å²) < 4.78 is 7.75.